The molecule has 0 fully saturated rings. The minimum absolute atomic E-state index is 0.953. The minimum atomic E-state index is 0.953. The highest BCUT2D eigenvalue weighted by atomic mass is 16.5. The summed E-state index contributed by atoms with van der Waals surface area (Å²) >= 11 is 0. The van der Waals surface area contributed by atoms with Gasteiger partial charge in [0, 0.05) is 41.1 Å². The van der Waals surface area contributed by atoms with Crippen LogP contribution in [0.3, 0.4) is 0 Å². The molecule has 3 nitrogen and oxygen atoms in total. The zero-order valence-corrected chi connectivity index (χ0v) is 19.0. The molecule has 0 unspecified atom stereocenters. The summed E-state index contributed by atoms with van der Waals surface area (Å²) in [6.45, 7) is 14.5. The summed E-state index contributed by atoms with van der Waals surface area (Å²) in [5.41, 5.74) is 8.01. The molecule has 3 heteroatoms. The Balaban J connectivity index is 0.000000568. The maximum atomic E-state index is 5.61. The Kier molecular flexibility index (Phi) is 6.36. The van der Waals surface area contributed by atoms with Gasteiger partial charge in [0.05, 0.1) is 18.3 Å². The summed E-state index contributed by atoms with van der Waals surface area (Å²) in [6, 6.07) is 13.3. The third-order valence-corrected chi connectivity index (χ3v) is 5.61. The van der Waals surface area contributed by atoms with E-state index in [-0.39, 0.29) is 0 Å². The molecule has 4 aromatic rings. The molecular formula is C26H34N2O. The number of aromatic nitrogens is 2. The van der Waals surface area contributed by atoms with Gasteiger partial charge in [-0.3, -0.25) is 0 Å². The van der Waals surface area contributed by atoms with Gasteiger partial charge in [0.25, 0.3) is 0 Å². The summed E-state index contributed by atoms with van der Waals surface area (Å²) in [7, 11) is 1.75. The fraction of sp³-hybridized carbons (Fsp3) is 0.385. The Morgan fingerprint density at radius 3 is 2.34 bits per heavy atom. The predicted molar refractivity (Wildman–Crippen MR) is 126 cm³/mol. The SMILES string of the molecule is CC.CC.COc1ccc2c3c1ccn3CCCn1c-2c(C)c2ccc(C)cc21. The average Bonchev–Trinajstić information content (AvgIpc) is 3.28. The van der Waals surface area contributed by atoms with Crippen LogP contribution in [0.15, 0.2) is 42.6 Å². The number of nitrogens with zero attached hydrogens (tertiary/aromatic N) is 2. The van der Waals surface area contributed by atoms with Gasteiger partial charge in [-0.15, -0.1) is 0 Å². The second kappa shape index (κ2) is 8.77. The van der Waals surface area contributed by atoms with Crippen molar-refractivity contribution in [2.45, 2.75) is 61.1 Å². The molecule has 2 aromatic carbocycles. The van der Waals surface area contributed by atoms with Crippen LogP contribution in [0.4, 0.5) is 0 Å². The van der Waals surface area contributed by atoms with E-state index in [1.807, 2.05) is 27.7 Å². The highest BCUT2D eigenvalue weighted by Gasteiger charge is 2.22. The quantitative estimate of drug-likeness (QED) is 0.332. The third kappa shape index (κ3) is 3.33. The molecule has 0 N–H and O–H groups in total. The maximum Gasteiger partial charge on any atom is 0.128 e. The molecule has 29 heavy (non-hydrogen) atoms. The summed E-state index contributed by atoms with van der Waals surface area (Å²) in [5.74, 6) is 0.953. The minimum Gasteiger partial charge on any atom is -0.496 e. The molecule has 154 valence electrons. The molecule has 0 saturated carbocycles. The smallest absolute Gasteiger partial charge is 0.128 e. The Labute approximate surface area is 174 Å². The van der Waals surface area contributed by atoms with E-state index < -0.39 is 0 Å². The zero-order valence-electron chi connectivity index (χ0n) is 19.0. The van der Waals surface area contributed by atoms with E-state index in [0.29, 0.717) is 0 Å². The van der Waals surface area contributed by atoms with Gasteiger partial charge in [0.15, 0.2) is 0 Å². The van der Waals surface area contributed by atoms with E-state index in [9.17, 15) is 0 Å². The Morgan fingerprint density at radius 2 is 1.62 bits per heavy atom. The monoisotopic (exact) mass is 390 g/mol. The lowest BCUT2D eigenvalue weighted by molar-refractivity contribution is 0.420. The summed E-state index contributed by atoms with van der Waals surface area (Å²) in [6.07, 6.45) is 3.33. The maximum absolute atomic E-state index is 5.61. The molecule has 2 aromatic heterocycles. The van der Waals surface area contributed by atoms with Crippen LogP contribution in [0.5, 0.6) is 5.75 Å². The summed E-state index contributed by atoms with van der Waals surface area (Å²) in [5, 5.41) is 2.57. The average molecular weight is 391 g/mol. The number of hydrogen-bond acceptors (Lipinski definition) is 1. The largest absolute Gasteiger partial charge is 0.496 e. The standard InChI is InChI=1S/C22H22N2O.2C2H6/c1-14-5-6-16-15(2)21-18-7-8-20(25-3)17-9-12-23(22(17)18)10-4-11-24(21)19(16)13-14;2*1-2/h5-9,12-13H,4,10-11H2,1-3H3;2*1-2H3. The number of ether oxygens (including phenoxy) is 1. The predicted octanol–water partition coefficient (Wildman–Crippen LogP) is 7.34. The second-order valence-electron chi connectivity index (χ2n) is 7.09. The van der Waals surface area contributed by atoms with Crippen molar-refractivity contribution in [3.8, 4) is 17.0 Å². The molecule has 0 amide bonds. The van der Waals surface area contributed by atoms with Gasteiger partial charge in [-0.1, -0.05) is 39.8 Å². The zero-order chi connectivity index (χ0) is 21.1. The number of rotatable bonds is 1. The Hall–Kier alpha value is -2.68. The van der Waals surface area contributed by atoms with Crippen LogP contribution >= 0.6 is 0 Å². The van der Waals surface area contributed by atoms with Crippen LogP contribution in [-0.2, 0) is 13.1 Å². The van der Waals surface area contributed by atoms with Gasteiger partial charge < -0.3 is 13.9 Å². The first-order valence-corrected chi connectivity index (χ1v) is 10.9. The van der Waals surface area contributed by atoms with Gasteiger partial charge in [-0.05, 0) is 55.7 Å². The van der Waals surface area contributed by atoms with Crippen LogP contribution in [0.2, 0.25) is 0 Å². The molecule has 3 heterocycles. The van der Waals surface area contributed by atoms with Crippen LogP contribution < -0.4 is 4.74 Å². The topological polar surface area (TPSA) is 19.1 Å². The Bertz CT molecular complexity index is 1130. The van der Waals surface area contributed by atoms with Gasteiger partial charge in [-0.2, -0.15) is 0 Å². The fourth-order valence-corrected chi connectivity index (χ4v) is 4.47. The van der Waals surface area contributed by atoms with Crippen LogP contribution in [0.1, 0.15) is 45.2 Å². The van der Waals surface area contributed by atoms with Crippen molar-refractivity contribution in [1.82, 2.24) is 9.13 Å². The van der Waals surface area contributed by atoms with Gasteiger partial charge in [0.2, 0.25) is 0 Å². The van der Waals surface area contributed by atoms with Crippen molar-refractivity contribution in [2.24, 2.45) is 0 Å². The number of hydrogen-bond donors (Lipinski definition) is 0. The Morgan fingerprint density at radius 1 is 0.862 bits per heavy atom. The molecule has 0 radical (unpaired) electrons. The lowest BCUT2D eigenvalue weighted by Gasteiger charge is -2.19. The van der Waals surface area contributed by atoms with Gasteiger partial charge >= 0.3 is 0 Å². The molecular weight excluding hydrogens is 356 g/mol. The van der Waals surface area contributed by atoms with E-state index in [0.717, 1.165) is 25.3 Å². The molecule has 1 aliphatic rings. The first-order valence-electron chi connectivity index (χ1n) is 10.9. The number of fused-ring (bicyclic) bond motifs is 4. The van der Waals surface area contributed by atoms with Crippen molar-refractivity contribution in [1.29, 1.82) is 0 Å². The molecule has 1 aliphatic heterocycles. The highest BCUT2D eigenvalue weighted by Crippen LogP contribution is 2.41. The lowest BCUT2D eigenvalue weighted by Crippen LogP contribution is -2.09. The van der Waals surface area contributed by atoms with E-state index in [1.54, 1.807) is 7.11 Å². The molecule has 5 rings (SSSR count). The normalized spacial score (nSPS) is 12.2. The number of methoxy groups -OCH3 is 1. The molecule has 0 spiro atoms. The third-order valence-electron chi connectivity index (χ3n) is 5.61. The van der Waals surface area contributed by atoms with E-state index in [2.05, 4.69) is 65.6 Å². The van der Waals surface area contributed by atoms with Crippen molar-refractivity contribution in [3.05, 3.63) is 53.7 Å². The van der Waals surface area contributed by atoms with Crippen molar-refractivity contribution >= 4 is 21.8 Å². The highest BCUT2D eigenvalue weighted by molar-refractivity contribution is 6.02. The molecule has 0 bridgehead atoms. The molecule has 0 atom stereocenters. The van der Waals surface area contributed by atoms with Crippen LogP contribution in [0, 0.1) is 13.8 Å². The summed E-state index contributed by atoms with van der Waals surface area (Å²) < 4.78 is 10.5. The summed E-state index contributed by atoms with van der Waals surface area (Å²) in [4.78, 5) is 0. The molecule has 0 saturated heterocycles. The fourth-order valence-electron chi connectivity index (χ4n) is 4.47. The van der Waals surface area contributed by atoms with E-state index in [1.165, 1.54) is 44.2 Å². The van der Waals surface area contributed by atoms with Crippen molar-refractivity contribution < 1.29 is 4.74 Å². The second-order valence-corrected chi connectivity index (χ2v) is 7.09. The first-order chi connectivity index (χ1) is 14.2. The first kappa shape index (κ1) is 21.0. The van der Waals surface area contributed by atoms with Crippen LogP contribution in [0.25, 0.3) is 33.1 Å². The number of aryl methyl sites for hydroxylation is 4. The lowest BCUT2D eigenvalue weighted by atomic mass is 10.0. The van der Waals surface area contributed by atoms with Crippen molar-refractivity contribution in [3.63, 3.8) is 0 Å². The molecule has 0 aliphatic carbocycles. The van der Waals surface area contributed by atoms with E-state index in [4.69, 9.17) is 4.74 Å². The van der Waals surface area contributed by atoms with Crippen molar-refractivity contribution in [2.75, 3.05) is 7.11 Å². The van der Waals surface area contributed by atoms with Gasteiger partial charge in [-0.25, -0.2) is 0 Å². The van der Waals surface area contributed by atoms with E-state index >= 15 is 0 Å². The number of benzene rings is 2. The van der Waals surface area contributed by atoms with Crippen LogP contribution in [-0.4, -0.2) is 16.2 Å². The van der Waals surface area contributed by atoms with Gasteiger partial charge in [0.1, 0.15) is 5.75 Å².